The molecule has 2 heterocycles. The van der Waals surface area contributed by atoms with Crippen LogP contribution in [0.2, 0.25) is 0 Å². The molecular weight excluding hydrogens is 651 g/mol. The summed E-state index contributed by atoms with van der Waals surface area (Å²) in [6.07, 6.45) is 1.38. The van der Waals surface area contributed by atoms with Crippen LogP contribution < -0.4 is 29.1 Å². The molecule has 11 heteroatoms. The lowest BCUT2D eigenvalue weighted by molar-refractivity contribution is -0.143. The number of benzene rings is 3. The number of aromatic nitrogens is 1. The second-order valence-corrected chi connectivity index (χ2v) is 12.2. The van der Waals surface area contributed by atoms with Crippen molar-refractivity contribution in [2.24, 2.45) is 4.99 Å². The number of thiazole rings is 1. The number of esters is 1. The molecule has 0 saturated heterocycles. The number of allylic oxidation sites excluding steroid dienone is 1. The number of methoxy groups -OCH3 is 2. The van der Waals surface area contributed by atoms with Gasteiger partial charge in [-0.15, -0.1) is 0 Å². The minimum Gasteiger partial charge on any atom is -0.496 e. The molecule has 8 nitrogen and oxygen atoms in total. The number of nitrogens with zero attached hydrogens (tertiary/aromatic N) is 2. The molecule has 0 saturated carbocycles. The summed E-state index contributed by atoms with van der Waals surface area (Å²) in [4.78, 5) is 32.6. The van der Waals surface area contributed by atoms with Crippen LogP contribution in [0, 0.1) is 5.82 Å². The molecule has 0 bridgehead atoms. The molecule has 228 valence electrons. The van der Waals surface area contributed by atoms with E-state index in [2.05, 4.69) is 20.9 Å². The monoisotopic (exact) mass is 680 g/mol. The third-order valence-electron chi connectivity index (χ3n) is 6.86. The number of ether oxygens (including phenoxy) is 4. The standard InChI is InChI=1S/C33H30BrFN2O6S/c1-18(2)43-32(39)29-19(3)36-33-37(30(29)24-16-22(34)9-13-25(24)40-4)31(38)28(44-33)15-21-8-12-26(27(14-21)41-5)42-17-20-6-10-23(35)11-7-20/h6-16,18,30H,17H2,1-5H3/b28-15-/t30-/m0/s1. The second-order valence-electron chi connectivity index (χ2n) is 10.2. The lowest BCUT2D eigenvalue weighted by Crippen LogP contribution is -2.40. The fourth-order valence-electron chi connectivity index (χ4n) is 4.86. The number of carbonyl (C=O) groups is 1. The summed E-state index contributed by atoms with van der Waals surface area (Å²) in [5, 5.41) is 0. The van der Waals surface area contributed by atoms with E-state index >= 15 is 0 Å². The minimum atomic E-state index is -0.830. The predicted octanol–water partition coefficient (Wildman–Crippen LogP) is 5.68. The van der Waals surface area contributed by atoms with Gasteiger partial charge in [0.2, 0.25) is 0 Å². The first kappa shape index (κ1) is 31.2. The zero-order valence-corrected chi connectivity index (χ0v) is 27.1. The van der Waals surface area contributed by atoms with E-state index in [4.69, 9.17) is 18.9 Å². The van der Waals surface area contributed by atoms with Crippen molar-refractivity contribution < 1.29 is 28.1 Å². The lowest BCUT2D eigenvalue weighted by Gasteiger charge is -2.26. The van der Waals surface area contributed by atoms with Crippen molar-refractivity contribution in [1.82, 2.24) is 4.57 Å². The van der Waals surface area contributed by atoms with E-state index in [0.717, 1.165) is 10.0 Å². The summed E-state index contributed by atoms with van der Waals surface area (Å²) in [5.41, 5.74) is 2.52. The highest BCUT2D eigenvalue weighted by molar-refractivity contribution is 9.10. The Morgan fingerprint density at radius 2 is 1.75 bits per heavy atom. The van der Waals surface area contributed by atoms with Gasteiger partial charge in [-0.3, -0.25) is 9.36 Å². The zero-order chi connectivity index (χ0) is 31.5. The highest BCUT2D eigenvalue weighted by Gasteiger charge is 2.35. The van der Waals surface area contributed by atoms with E-state index in [1.54, 1.807) is 64.3 Å². The summed E-state index contributed by atoms with van der Waals surface area (Å²) in [6.45, 7) is 5.51. The highest BCUT2D eigenvalue weighted by atomic mass is 79.9. The minimum absolute atomic E-state index is 0.231. The van der Waals surface area contributed by atoms with Crippen molar-refractivity contribution in [2.45, 2.75) is 39.5 Å². The fourth-order valence-corrected chi connectivity index (χ4v) is 6.29. The van der Waals surface area contributed by atoms with Crippen LogP contribution in [-0.2, 0) is 16.1 Å². The van der Waals surface area contributed by atoms with Gasteiger partial charge in [-0.25, -0.2) is 14.2 Å². The predicted molar refractivity (Wildman–Crippen MR) is 169 cm³/mol. The molecule has 1 aromatic heterocycles. The Hall–Kier alpha value is -4.22. The van der Waals surface area contributed by atoms with Gasteiger partial charge in [0.25, 0.3) is 5.56 Å². The molecule has 0 spiro atoms. The maximum atomic E-state index is 14.1. The Morgan fingerprint density at radius 1 is 1.05 bits per heavy atom. The van der Waals surface area contributed by atoms with Gasteiger partial charge in [0.1, 0.15) is 24.2 Å². The third-order valence-corrected chi connectivity index (χ3v) is 8.34. The topological polar surface area (TPSA) is 88.4 Å². The van der Waals surface area contributed by atoms with E-state index in [1.165, 1.54) is 35.1 Å². The van der Waals surface area contributed by atoms with Gasteiger partial charge >= 0.3 is 5.97 Å². The second kappa shape index (κ2) is 13.2. The number of rotatable bonds is 9. The van der Waals surface area contributed by atoms with E-state index in [0.29, 0.717) is 43.4 Å². The zero-order valence-electron chi connectivity index (χ0n) is 24.7. The summed E-state index contributed by atoms with van der Waals surface area (Å²) in [7, 11) is 3.07. The lowest BCUT2D eigenvalue weighted by atomic mass is 9.95. The van der Waals surface area contributed by atoms with Crippen molar-refractivity contribution in [1.29, 1.82) is 0 Å². The van der Waals surface area contributed by atoms with Crippen LogP contribution >= 0.6 is 27.3 Å². The van der Waals surface area contributed by atoms with E-state index in [9.17, 15) is 14.0 Å². The van der Waals surface area contributed by atoms with Crippen molar-refractivity contribution in [3.63, 3.8) is 0 Å². The summed E-state index contributed by atoms with van der Waals surface area (Å²) < 4.78 is 38.7. The summed E-state index contributed by atoms with van der Waals surface area (Å²) in [5.74, 6) is 0.618. The maximum Gasteiger partial charge on any atom is 0.338 e. The van der Waals surface area contributed by atoms with Gasteiger partial charge in [-0.2, -0.15) is 0 Å². The normalized spacial score (nSPS) is 14.7. The molecule has 0 amide bonds. The quantitative estimate of drug-likeness (QED) is 0.211. The molecule has 0 radical (unpaired) electrons. The molecule has 1 aliphatic heterocycles. The number of hydrogen-bond acceptors (Lipinski definition) is 8. The van der Waals surface area contributed by atoms with Gasteiger partial charge in [0.15, 0.2) is 16.3 Å². The van der Waals surface area contributed by atoms with Crippen LogP contribution in [0.3, 0.4) is 0 Å². The Bertz CT molecular complexity index is 1930. The third kappa shape index (κ3) is 6.48. The van der Waals surface area contributed by atoms with Crippen LogP contribution in [0.4, 0.5) is 4.39 Å². The molecule has 0 aliphatic carbocycles. The Balaban J connectivity index is 1.58. The largest absolute Gasteiger partial charge is 0.496 e. The maximum absolute atomic E-state index is 14.1. The SMILES string of the molecule is COc1cc(/C=c2\sc3n(c2=O)[C@@H](c2cc(Br)ccc2OC)C(C(=O)OC(C)C)=C(C)N=3)ccc1OCc1ccc(F)cc1. The van der Waals surface area contributed by atoms with Crippen molar-refractivity contribution >= 4 is 39.3 Å². The van der Waals surface area contributed by atoms with Crippen LogP contribution in [0.1, 0.15) is 43.5 Å². The number of halogens is 2. The molecule has 1 atom stereocenters. The van der Waals surface area contributed by atoms with E-state index in [-0.39, 0.29) is 29.7 Å². The molecule has 0 fully saturated rings. The van der Waals surface area contributed by atoms with Gasteiger partial charge < -0.3 is 18.9 Å². The molecular formula is C33H30BrFN2O6S. The Morgan fingerprint density at radius 3 is 2.43 bits per heavy atom. The fraction of sp³-hybridized carbons (Fsp3) is 0.242. The first-order valence-corrected chi connectivity index (χ1v) is 15.3. The van der Waals surface area contributed by atoms with Gasteiger partial charge in [0, 0.05) is 10.0 Å². The Kier molecular flexibility index (Phi) is 9.36. The smallest absolute Gasteiger partial charge is 0.338 e. The summed E-state index contributed by atoms with van der Waals surface area (Å²) >= 11 is 4.74. The first-order chi connectivity index (χ1) is 21.1. The molecule has 44 heavy (non-hydrogen) atoms. The molecule has 1 aliphatic rings. The number of carbonyl (C=O) groups excluding carboxylic acids is 1. The first-order valence-electron chi connectivity index (χ1n) is 13.7. The Labute approximate surface area is 265 Å². The van der Waals surface area contributed by atoms with Crippen LogP contribution in [0.15, 0.2) is 86.2 Å². The molecule has 0 N–H and O–H groups in total. The van der Waals surface area contributed by atoms with Crippen LogP contribution in [0.25, 0.3) is 6.08 Å². The molecule has 0 unspecified atom stereocenters. The van der Waals surface area contributed by atoms with Crippen molar-refractivity contribution in [2.75, 3.05) is 14.2 Å². The van der Waals surface area contributed by atoms with Crippen LogP contribution in [-0.4, -0.2) is 30.9 Å². The van der Waals surface area contributed by atoms with Crippen molar-refractivity contribution in [3.8, 4) is 17.2 Å². The van der Waals surface area contributed by atoms with Gasteiger partial charge in [-0.05, 0) is 80.4 Å². The van der Waals surface area contributed by atoms with E-state index < -0.39 is 12.0 Å². The average molecular weight is 682 g/mol. The average Bonchev–Trinajstić information content (AvgIpc) is 3.29. The molecule has 4 aromatic rings. The summed E-state index contributed by atoms with van der Waals surface area (Å²) in [6, 6.07) is 16.0. The van der Waals surface area contributed by atoms with E-state index in [1.807, 2.05) is 18.2 Å². The van der Waals surface area contributed by atoms with Crippen LogP contribution in [0.5, 0.6) is 17.2 Å². The van der Waals surface area contributed by atoms with Gasteiger partial charge in [0.05, 0.1) is 36.1 Å². The van der Waals surface area contributed by atoms with Crippen molar-refractivity contribution in [3.05, 3.63) is 119 Å². The number of fused-ring (bicyclic) bond motifs is 1. The van der Waals surface area contributed by atoms with Gasteiger partial charge in [-0.1, -0.05) is 45.5 Å². The number of hydrogen-bond donors (Lipinski definition) is 0. The highest BCUT2D eigenvalue weighted by Crippen LogP contribution is 2.37. The molecule has 5 rings (SSSR count). The molecule has 3 aromatic carbocycles.